The fraction of sp³-hybridized carbons (Fsp3) is 0.750. The van der Waals surface area contributed by atoms with Crippen LogP contribution in [0, 0.1) is 5.92 Å². The van der Waals surface area contributed by atoms with Gasteiger partial charge in [0.05, 0.1) is 0 Å². The van der Waals surface area contributed by atoms with Gasteiger partial charge >= 0.3 is 0 Å². The highest BCUT2D eigenvalue weighted by Crippen LogP contribution is 2.37. The number of piperidine rings is 1. The first-order chi connectivity index (χ1) is 9.78. The molecule has 0 spiro atoms. The lowest BCUT2D eigenvalue weighted by Gasteiger charge is -2.44. The molecule has 0 bridgehead atoms. The van der Waals surface area contributed by atoms with E-state index in [2.05, 4.69) is 38.8 Å². The molecule has 2 atom stereocenters. The van der Waals surface area contributed by atoms with Crippen LogP contribution in [0.2, 0.25) is 0 Å². The fourth-order valence-corrected chi connectivity index (χ4v) is 4.25. The van der Waals surface area contributed by atoms with E-state index in [-0.39, 0.29) is 0 Å². The average molecular weight is 338 g/mol. The minimum absolute atomic E-state index is 0.716. The lowest BCUT2D eigenvalue weighted by atomic mass is 9.78. The van der Waals surface area contributed by atoms with Gasteiger partial charge in [0, 0.05) is 25.1 Å². The van der Waals surface area contributed by atoms with Gasteiger partial charge in [-0.15, -0.1) is 0 Å². The molecule has 1 aliphatic carbocycles. The SMILES string of the molecule is CCCc1nc(Br)cc(N2CCC[C@H]3CCCC[C@H]32)n1. The maximum absolute atomic E-state index is 4.82. The number of aryl methyl sites for hydroxylation is 1. The molecule has 2 fully saturated rings. The summed E-state index contributed by atoms with van der Waals surface area (Å²) in [4.78, 5) is 11.9. The standard InChI is InChI=1S/C16H24BrN3/c1-2-6-15-18-14(17)11-16(19-15)20-10-5-8-12-7-3-4-9-13(12)20/h11-13H,2-10H2,1H3/t12-,13-/m1/s1. The minimum Gasteiger partial charge on any atom is -0.353 e. The summed E-state index contributed by atoms with van der Waals surface area (Å²) in [5.74, 6) is 3.02. The van der Waals surface area contributed by atoms with Crippen LogP contribution < -0.4 is 4.90 Å². The zero-order valence-corrected chi connectivity index (χ0v) is 13.9. The Bertz CT molecular complexity index is 461. The van der Waals surface area contributed by atoms with Crippen molar-refractivity contribution in [2.24, 2.45) is 5.92 Å². The monoisotopic (exact) mass is 337 g/mol. The predicted octanol–water partition coefficient (Wildman–Crippen LogP) is 4.35. The number of anilines is 1. The number of rotatable bonds is 3. The average Bonchev–Trinajstić information content (AvgIpc) is 2.46. The van der Waals surface area contributed by atoms with Gasteiger partial charge in [-0.1, -0.05) is 19.8 Å². The Hall–Kier alpha value is -0.640. The van der Waals surface area contributed by atoms with Crippen molar-refractivity contribution in [3.63, 3.8) is 0 Å². The third kappa shape index (κ3) is 3.00. The molecule has 1 aromatic heterocycles. The van der Waals surface area contributed by atoms with Crippen LogP contribution in [0.3, 0.4) is 0 Å². The number of fused-ring (bicyclic) bond motifs is 1. The van der Waals surface area contributed by atoms with E-state index in [4.69, 9.17) is 4.98 Å². The van der Waals surface area contributed by atoms with Crippen LogP contribution in [0.5, 0.6) is 0 Å². The van der Waals surface area contributed by atoms with Crippen molar-refractivity contribution in [3.8, 4) is 0 Å². The van der Waals surface area contributed by atoms with E-state index < -0.39 is 0 Å². The van der Waals surface area contributed by atoms with E-state index in [9.17, 15) is 0 Å². The molecule has 0 amide bonds. The summed E-state index contributed by atoms with van der Waals surface area (Å²) in [6.07, 6.45) is 10.3. The van der Waals surface area contributed by atoms with E-state index in [1.54, 1.807) is 0 Å². The van der Waals surface area contributed by atoms with Crippen molar-refractivity contribution in [3.05, 3.63) is 16.5 Å². The highest BCUT2D eigenvalue weighted by Gasteiger charge is 2.34. The second kappa shape index (κ2) is 6.42. The zero-order valence-electron chi connectivity index (χ0n) is 12.3. The Balaban J connectivity index is 1.86. The Kier molecular flexibility index (Phi) is 4.59. The maximum Gasteiger partial charge on any atom is 0.133 e. The smallest absolute Gasteiger partial charge is 0.133 e. The Morgan fingerprint density at radius 2 is 2.00 bits per heavy atom. The third-order valence-electron chi connectivity index (χ3n) is 4.74. The van der Waals surface area contributed by atoms with Crippen molar-refractivity contribution in [1.29, 1.82) is 0 Å². The van der Waals surface area contributed by atoms with Gasteiger partial charge in [0.2, 0.25) is 0 Å². The number of nitrogens with zero attached hydrogens (tertiary/aromatic N) is 3. The summed E-state index contributed by atoms with van der Waals surface area (Å²) in [6.45, 7) is 3.35. The first kappa shape index (κ1) is 14.3. The van der Waals surface area contributed by atoms with Crippen molar-refractivity contribution in [2.75, 3.05) is 11.4 Å². The van der Waals surface area contributed by atoms with Gasteiger partial charge in [-0.25, -0.2) is 9.97 Å². The molecule has 3 rings (SSSR count). The predicted molar refractivity (Wildman–Crippen MR) is 86.1 cm³/mol. The van der Waals surface area contributed by atoms with E-state index in [1.807, 2.05) is 0 Å². The Morgan fingerprint density at radius 1 is 1.20 bits per heavy atom. The molecule has 1 aromatic rings. The van der Waals surface area contributed by atoms with Crippen LogP contribution in [0.25, 0.3) is 0 Å². The van der Waals surface area contributed by atoms with Crippen LogP contribution in [-0.2, 0) is 6.42 Å². The molecule has 0 aromatic carbocycles. The van der Waals surface area contributed by atoms with Gasteiger partial charge in [-0.2, -0.15) is 0 Å². The summed E-state index contributed by atoms with van der Waals surface area (Å²) in [5.41, 5.74) is 0. The van der Waals surface area contributed by atoms with E-state index >= 15 is 0 Å². The molecular weight excluding hydrogens is 314 g/mol. The molecule has 1 aliphatic heterocycles. The third-order valence-corrected chi connectivity index (χ3v) is 5.15. The molecular formula is C16H24BrN3. The van der Waals surface area contributed by atoms with Gasteiger partial charge in [-0.3, -0.25) is 0 Å². The van der Waals surface area contributed by atoms with Crippen molar-refractivity contribution >= 4 is 21.7 Å². The van der Waals surface area contributed by atoms with Gasteiger partial charge < -0.3 is 4.90 Å². The zero-order chi connectivity index (χ0) is 13.9. The summed E-state index contributed by atoms with van der Waals surface area (Å²) >= 11 is 3.56. The molecule has 4 heteroatoms. The highest BCUT2D eigenvalue weighted by molar-refractivity contribution is 9.10. The molecule has 2 aliphatic rings. The van der Waals surface area contributed by atoms with E-state index in [1.165, 1.54) is 38.5 Å². The Labute approximate surface area is 130 Å². The minimum atomic E-state index is 0.716. The molecule has 3 nitrogen and oxygen atoms in total. The molecule has 20 heavy (non-hydrogen) atoms. The molecule has 0 unspecified atom stereocenters. The topological polar surface area (TPSA) is 29.0 Å². The quantitative estimate of drug-likeness (QED) is 0.767. The van der Waals surface area contributed by atoms with Gasteiger partial charge in [0.25, 0.3) is 0 Å². The van der Waals surface area contributed by atoms with Gasteiger partial charge in [-0.05, 0) is 54.0 Å². The molecule has 1 saturated carbocycles. The second-order valence-corrected chi connectivity index (χ2v) is 6.98. The Morgan fingerprint density at radius 3 is 2.85 bits per heavy atom. The van der Waals surface area contributed by atoms with Crippen molar-refractivity contribution in [1.82, 2.24) is 9.97 Å². The van der Waals surface area contributed by atoms with Crippen LogP contribution in [-0.4, -0.2) is 22.6 Å². The summed E-state index contributed by atoms with van der Waals surface area (Å²) in [6, 6.07) is 2.82. The van der Waals surface area contributed by atoms with Gasteiger partial charge in [0.15, 0.2) is 0 Å². The molecule has 110 valence electrons. The number of aromatic nitrogens is 2. The highest BCUT2D eigenvalue weighted by atomic mass is 79.9. The van der Waals surface area contributed by atoms with E-state index in [0.717, 1.165) is 41.5 Å². The lowest BCUT2D eigenvalue weighted by Crippen LogP contribution is -2.47. The number of hydrogen-bond donors (Lipinski definition) is 0. The van der Waals surface area contributed by atoms with Gasteiger partial charge in [0.1, 0.15) is 16.2 Å². The molecule has 0 N–H and O–H groups in total. The lowest BCUT2D eigenvalue weighted by molar-refractivity contribution is 0.242. The van der Waals surface area contributed by atoms with Crippen molar-refractivity contribution in [2.45, 2.75) is 64.3 Å². The number of hydrogen-bond acceptors (Lipinski definition) is 3. The van der Waals surface area contributed by atoms with Crippen LogP contribution >= 0.6 is 15.9 Å². The van der Waals surface area contributed by atoms with E-state index in [0.29, 0.717) is 6.04 Å². The number of halogens is 1. The first-order valence-corrected chi connectivity index (χ1v) is 8.87. The fourth-order valence-electron chi connectivity index (χ4n) is 3.84. The second-order valence-electron chi connectivity index (χ2n) is 6.16. The normalized spacial score (nSPS) is 26.4. The van der Waals surface area contributed by atoms with Crippen molar-refractivity contribution < 1.29 is 0 Å². The van der Waals surface area contributed by atoms with Crippen LogP contribution in [0.1, 0.15) is 57.7 Å². The largest absolute Gasteiger partial charge is 0.353 e. The van der Waals surface area contributed by atoms with Crippen LogP contribution in [0.4, 0.5) is 5.82 Å². The summed E-state index contributed by atoms with van der Waals surface area (Å²) in [7, 11) is 0. The maximum atomic E-state index is 4.82. The summed E-state index contributed by atoms with van der Waals surface area (Å²) in [5, 5.41) is 0. The summed E-state index contributed by atoms with van der Waals surface area (Å²) < 4.78 is 0.934. The molecule has 1 saturated heterocycles. The first-order valence-electron chi connectivity index (χ1n) is 8.08. The van der Waals surface area contributed by atoms with Crippen LogP contribution in [0.15, 0.2) is 10.7 Å². The molecule has 0 radical (unpaired) electrons. The molecule has 2 heterocycles.